The van der Waals surface area contributed by atoms with Gasteiger partial charge >= 0.3 is 0 Å². The Labute approximate surface area is 147 Å². The molecule has 0 aliphatic carbocycles. The highest BCUT2D eigenvalue weighted by atomic mass is 16.2. The molecule has 1 aromatic rings. The van der Waals surface area contributed by atoms with Gasteiger partial charge in [0.2, 0.25) is 17.7 Å². The molecule has 0 bridgehead atoms. The lowest BCUT2D eigenvalue weighted by Crippen LogP contribution is -2.54. The Morgan fingerprint density at radius 2 is 1.96 bits per heavy atom. The third kappa shape index (κ3) is 5.03. The van der Waals surface area contributed by atoms with Crippen molar-refractivity contribution < 1.29 is 14.4 Å². The molecule has 0 saturated carbocycles. The van der Waals surface area contributed by atoms with Gasteiger partial charge in [-0.1, -0.05) is 32.0 Å². The Bertz CT molecular complexity index is 618. The van der Waals surface area contributed by atoms with Crippen LogP contribution in [-0.2, 0) is 14.4 Å². The number of piperidine rings is 1. The van der Waals surface area contributed by atoms with Gasteiger partial charge in [-0.2, -0.15) is 0 Å². The zero-order chi connectivity index (χ0) is 18.4. The maximum absolute atomic E-state index is 12.6. The molecule has 1 aliphatic rings. The second-order valence-electron chi connectivity index (χ2n) is 6.58. The van der Waals surface area contributed by atoms with Crippen LogP contribution in [0.3, 0.4) is 0 Å². The number of anilines is 1. The van der Waals surface area contributed by atoms with E-state index in [0.29, 0.717) is 13.0 Å². The highest BCUT2D eigenvalue weighted by Gasteiger charge is 2.30. The smallest absolute Gasteiger partial charge is 0.249 e. The SMILES string of the molecule is CC(C)[C@H](N)C(=O)NCC(=O)NC1CCCN(c2ccccc2)C1=O. The van der Waals surface area contributed by atoms with Crippen LogP contribution in [0.1, 0.15) is 26.7 Å². The average Bonchev–Trinajstić information content (AvgIpc) is 2.61. The number of hydrogen-bond acceptors (Lipinski definition) is 4. The molecule has 3 amide bonds. The Kier molecular flexibility index (Phi) is 6.52. The minimum absolute atomic E-state index is 0.0117. The number of carbonyl (C=O) groups is 3. The molecule has 1 aliphatic heterocycles. The summed E-state index contributed by atoms with van der Waals surface area (Å²) in [5, 5.41) is 5.22. The van der Waals surface area contributed by atoms with Crippen LogP contribution in [0.4, 0.5) is 5.69 Å². The van der Waals surface area contributed by atoms with Gasteiger partial charge in [0, 0.05) is 12.2 Å². The number of nitrogens with one attached hydrogen (secondary N) is 2. The first-order valence-electron chi connectivity index (χ1n) is 8.59. The van der Waals surface area contributed by atoms with Gasteiger partial charge in [0.25, 0.3) is 0 Å². The van der Waals surface area contributed by atoms with Gasteiger partial charge in [-0.15, -0.1) is 0 Å². The first kappa shape index (κ1) is 18.9. The topological polar surface area (TPSA) is 105 Å². The Morgan fingerprint density at radius 3 is 2.60 bits per heavy atom. The van der Waals surface area contributed by atoms with Crippen molar-refractivity contribution in [1.29, 1.82) is 0 Å². The summed E-state index contributed by atoms with van der Waals surface area (Å²) in [6.07, 6.45) is 1.39. The second-order valence-corrected chi connectivity index (χ2v) is 6.58. The average molecular weight is 346 g/mol. The molecule has 2 rings (SSSR count). The van der Waals surface area contributed by atoms with E-state index in [1.807, 2.05) is 44.2 Å². The molecule has 1 saturated heterocycles. The lowest BCUT2D eigenvalue weighted by atomic mass is 10.0. The Hall–Kier alpha value is -2.41. The number of nitrogens with zero attached hydrogens (tertiary/aromatic N) is 1. The van der Waals surface area contributed by atoms with Crippen LogP contribution in [0, 0.1) is 5.92 Å². The number of rotatable bonds is 6. The first-order chi connectivity index (χ1) is 11.9. The first-order valence-corrected chi connectivity index (χ1v) is 8.59. The van der Waals surface area contributed by atoms with E-state index in [2.05, 4.69) is 10.6 Å². The highest BCUT2D eigenvalue weighted by Crippen LogP contribution is 2.20. The minimum atomic E-state index is -0.655. The summed E-state index contributed by atoms with van der Waals surface area (Å²) >= 11 is 0. The van der Waals surface area contributed by atoms with Crippen molar-refractivity contribution in [2.24, 2.45) is 11.7 Å². The highest BCUT2D eigenvalue weighted by molar-refractivity contribution is 6.00. The minimum Gasteiger partial charge on any atom is -0.346 e. The molecule has 0 spiro atoms. The van der Waals surface area contributed by atoms with E-state index in [1.165, 1.54) is 0 Å². The van der Waals surface area contributed by atoms with E-state index in [4.69, 9.17) is 5.73 Å². The Balaban J connectivity index is 1.88. The van der Waals surface area contributed by atoms with Gasteiger partial charge in [-0.25, -0.2) is 0 Å². The molecule has 1 aromatic carbocycles. The number of carbonyl (C=O) groups excluding carboxylic acids is 3. The normalized spacial score (nSPS) is 18.8. The van der Waals surface area contributed by atoms with E-state index in [1.54, 1.807) is 4.90 Å². The van der Waals surface area contributed by atoms with Gasteiger partial charge in [-0.05, 0) is 30.9 Å². The van der Waals surface area contributed by atoms with E-state index in [0.717, 1.165) is 12.1 Å². The maximum atomic E-state index is 12.6. The molecule has 25 heavy (non-hydrogen) atoms. The van der Waals surface area contributed by atoms with Gasteiger partial charge in [0.15, 0.2) is 0 Å². The summed E-state index contributed by atoms with van der Waals surface area (Å²) in [7, 11) is 0. The zero-order valence-corrected chi connectivity index (χ0v) is 14.7. The lowest BCUT2D eigenvalue weighted by molar-refractivity contribution is -0.130. The molecule has 0 aromatic heterocycles. The number of nitrogens with two attached hydrogens (primary N) is 1. The van der Waals surface area contributed by atoms with Crippen molar-refractivity contribution in [2.75, 3.05) is 18.0 Å². The van der Waals surface area contributed by atoms with Crippen LogP contribution in [0.25, 0.3) is 0 Å². The van der Waals surface area contributed by atoms with Crippen LogP contribution in [0.15, 0.2) is 30.3 Å². The molecule has 2 atom stereocenters. The zero-order valence-electron chi connectivity index (χ0n) is 14.7. The predicted molar refractivity (Wildman–Crippen MR) is 95.8 cm³/mol. The maximum Gasteiger partial charge on any atom is 0.249 e. The van der Waals surface area contributed by atoms with Gasteiger partial charge < -0.3 is 21.3 Å². The van der Waals surface area contributed by atoms with Crippen molar-refractivity contribution in [3.63, 3.8) is 0 Å². The summed E-state index contributed by atoms with van der Waals surface area (Å²) in [5.74, 6) is -0.901. The standard InChI is InChI=1S/C18H26N4O3/c1-12(2)16(19)17(24)20-11-15(23)21-14-9-6-10-22(18(14)25)13-7-4-3-5-8-13/h3-5,7-8,12,14,16H,6,9-11,19H2,1-2H3,(H,20,24)(H,21,23)/t14?,16-/m0/s1. The molecule has 4 N–H and O–H groups in total. The van der Waals surface area contributed by atoms with E-state index >= 15 is 0 Å². The lowest BCUT2D eigenvalue weighted by Gasteiger charge is -2.32. The molecule has 7 nitrogen and oxygen atoms in total. The third-order valence-corrected chi connectivity index (χ3v) is 4.29. The summed E-state index contributed by atoms with van der Waals surface area (Å²) in [4.78, 5) is 38.1. The summed E-state index contributed by atoms with van der Waals surface area (Å²) < 4.78 is 0. The molecule has 1 fully saturated rings. The molecule has 136 valence electrons. The fourth-order valence-corrected chi connectivity index (χ4v) is 2.71. The summed E-state index contributed by atoms with van der Waals surface area (Å²) in [5.41, 5.74) is 6.55. The van der Waals surface area contributed by atoms with Crippen LogP contribution < -0.4 is 21.3 Å². The van der Waals surface area contributed by atoms with Crippen LogP contribution in [-0.4, -0.2) is 42.9 Å². The number of para-hydroxylation sites is 1. The fourth-order valence-electron chi connectivity index (χ4n) is 2.71. The van der Waals surface area contributed by atoms with Crippen LogP contribution >= 0.6 is 0 Å². The number of hydrogen-bond donors (Lipinski definition) is 3. The Morgan fingerprint density at radius 1 is 1.28 bits per heavy atom. The molecule has 0 radical (unpaired) electrons. The quantitative estimate of drug-likeness (QED) is 0.693. The van der Waals surface area contributed by atoms with Crippen molar-refractivity contribution in [3.05, 3.63) is 30.3 Å². The van der Waals surface area contributed by atoms with Crippen molar-refractivity contribution in [1.82, 2.24) is 10.6 Å². The van der Waals surface area contributed by atoms with Crippen molar-refractivity contribution in [2.45, 2.75) is 38.8 Å². The van der Waals surface area contributed by atoms with Crippen LogP contribution in [0.5, 0.6) is 0 Å². The second kappa shape index (κ2) is 8.62. The predicted octanol–water partition coefficient (Wildman–Crippen LogP) is 0.398. The summed E-state index contributed by atoms with van der Waals surface area (Å²) in [6, 6.07) is 8.15. The largest absolute Gasteiger partial charge is 0.346 e. The number of benzene rings is 1. The molecule has 7 heteroatoms. The fraction of sp³-hybridized carbons (Fsp3) is 0.500. The van der Waals surface area contributed by atoms with Gasteiger partial charge in [-0.3, -0.25) is 14.4 Å². The van der Waals surface area contributed by atoms with Crippen molar-refractivity contribution in [3.8, 4) is 0 Å². The van der Waals surface area contributed by atoms with Gasteiger partial charge in [0.05, 0.1) is 12.6 Å². The molecular weight excluding hydrogens is 320 g/mol. The van der Waals surface area contributed by atoms with Crippen LogP contribution in [0.2, 0.25) is 0 Å². The molecule has 1 heterocycles. The molecular formula is C18H26N4O3. The van der Waals surface area contributed by atoms with E-state index < -0.39 is 18.0 Å². The van der Waals surface area contributed by atoms with E-state index in [-0.39, 0.29) is 24.3 Å². The monoisotopic (exact) mass is 346 g/mol. The van der Waals surface area contributed by atoms with Crippen molar-refractivity contribution >= 4 is 23.4 Å². The number of amides is 3. The summed E-state index contributed by atoms with van der Waals surface area (Å²) in [6.45, 7) is 4.12. The third-order valence-electron chi connectivity index (χ3n) is 4.29. The van der Waals surface area contributed by atoms with Gasteiger partial charge in [0.1, 0.15) is 6.04 Å². The van der Waals surface area contributed by atoms with E-state index in [9.17, 15) is 14.4 Å². The molecule has 1 unspecified atom stereocenters.